The van der Waals surface area contributed by atoms with Crippen LogP contribution in [0.1, 0.15) is 40.3 Å². The Morgan fingerprint density at radius 3 is 2.64 bits per heavy atom. The van der Waals surface area contributed by atoms with Crippen molar-refractivity contribution < 1.29 is 9.53 Å². The second kappa shape index (κ2) is 9.78. The molecule has 4 rings (SSSR count). The molecule has 0 aliphatic carbocycles. The molecule has 0 unspecified atom stereocenters. The highest BCUT2D eigenvalue weighted by Crippen LogP contribution is 2.45. The normalized spacial score (nSPS) is 17.8. The van der Waals surface area contributed by atoms with Crippen LogP contribution < -0.4 is 15.5 Å². The molecule has 2 atom stereocenters. The number of nitrogens with one attached hydrogen (secondary N) is 3. The van der Waals surface area contributed by atoms with Crippen molar-refractivity contribution in [1.82, 2.24) is 15.3 Å². The maximum absolute atomic E-state index is 12.0. The van der Waals surface area contributed by atoms with Crippen LogP contribution in [0.25, 0.3) is 0 Å². The Hall–Kier alpha value is -2.50. The predicted molar refractivity (Wildman–Crippen MR) is 143 cm³/mol. The lowest BCUT2D eigenvalue weighted by atomic mass is 9.96. The van der Waals surface area contributed by atoms with Crippen molar-refractivity contribution in [3.8, 4) is 0 Å². The summed E-state index contributed by atoms with van der Waals surface area (Å²) in [5, 5.41) is 7.04. The van der Waals surface area contributed by atoms with Crippen molar-refractivity contribution in [1.29, 1.82) is 0 Å². The van der Waals surface area contributed by atoms with E-state index in [0.29, 0.717) is 5.11 Å². The van der Waals surface area contributed by atoms with E-state index in [1.165, 1.54) is 16.2 Å². The Kier molecular flexibility index (Phi) is 7.01. The summed E-state index contributed by atoms with van der Waals surface area (Å²) in [7, 11) is 1.50. The third-order valence-electron chi connectivity index (χ3n) is 5.78. The zero-order valence-electron chi connectivity index (χ0n) is 18.9. The molecule has 1 aliphatic rings. The van der Waals surface area contributed by atoms with Crippen LogP contribution in [0.5, 0.6) is 0 Å². The van der Waals surface area contributed by atoms with E-state index in [4.69, 9.17) is 17.0 Å². The van der Waals surface area contributed by atoms with Gasteiger partial charge in [0, 0.05) is 45.2 Å². The average Bonchev–Trinajstić information content (AvgIpc) is 3.25. The second-order valence-corrected chi connectivity index (χ2v) is 9.55. The molecule has 3 aromatic rings. The number of amides is 1. The molecule has 7 nitrogen and oxygen atoms in total. The van der Waals surface area contributed by atoms with Crippen molar-refractivity contribution in [2.45, 2.75) is 32.9 Å². The van der Waals surface area contributed by atoms with E-state index in [9.17, 15) is 4.79 Å². The third kappa shape index (κ3) is 4.62. The number of pyridine rings is 1. The SMILES string of the molecule is COCC(=O)Nc1ccc(N2C(=S)N[C@H](c3ccccn3)[C@H]2c2c(C)[nH]c(C)c2I)cc1C. The van der Waals surface area contributed by atoms with E-state index in [1.807, 2.05) is 49.5 Å². The number of aromatic amines is 1. The summed E-state index contributed by atoms with van der Waals surface area (Å²) in [6.45, 7) is 6.17. The van der Waals surface area contributed by atoms with Crippen molar-refractivity contribution in [2.75, 3.05) is 23.9 Å². The molecule has 1 saturated heterocycles. The number of carbonyl (C=O) groups is 1. The zero-order valence-corrected chi connectivity index (χ0v) is 21.9. The van der Waals surface area contributed by atoms with Gasteiger partial charge in [-0.15, -0.1) is 0 Å². The summed E-state index contributed by atoms with van der Waals surface area (Å²) >= 11 is 8.24. The zero-order chi connectivity index (χ0) is 23.7. The Morgan fingerprint density at radius 1 is 1.24 bits per heavy atom. The number of carbonyl (C=O) groups excluding carboxylic acids is 1. The number of nitrogens with zero attached hydrogens (tertiary/aromatic N) is 2. The molecule has 3 heterocycles. The van der Waals surface area contributed by atoms with Gasteiger partial charge in [-0.25, -0.2) is 0 Å². The minimum absolute atomic E-state index is 0.0136. The number of hydrogen-bond acceptors (Lipinski definition) is 4. The van der Waals surface area contributed by atoms with Crippen LogP contribution in [0.3, 0.4) is 0 Å². The number of methoxy groups -OCH3 is 1. The van der Waals surface area contributed by atoms with E-state index in [2.05, 4.69) is 61.9 Å². The number of rotatable bonds is 6. The summed E-state index contributed by atoms with van der Waals surface area (Å²) in [6, 6.07) is 11.7. The molecule has 2 aromatic heterocycles. The lowest BCUT2D eigenvalue weighted by Gasteiger charge is -2.29. The van der Waals surface area contributed by atoms with Gasteiger partial charge in [-0.3, -0.25) is 9.78 Å². The Labute approximate surface area is 212 Å². The van der Waals surface area contributed by atoms with E-state index in [1.54, 1.807) is 0 Å². The molecule has 172 valence electrons. The van der Waals surface area contributed by atoms with Crippen LogP contribution in [0.15, 0.2) is 42.6 Å². The van der Waals surface area contributed by atoms with Crippen LogP contribution in [0.4, 0.5) is 11.4 Å². The number of hydrogen-bond donors (Lipinski definition) is 3. The van der Waals surface area contributed by atoms with Gasteiger partial charge < -0.3 is 25.3 Å². The lowest BCUT2D eigenvalue weighted by molar-refractivity contribution is -0.119. The molecule has 33 heavy (non-hydrogen) atoms. The molecule has 0 bridgehead atoms. The summed E-state index contributed by atoms with van der Waals surface area (Å²) in [4.78, 5) is 22.2. The van der Waals surface area contributed by atoms with E-state index < -0.39 is 0 Å². The highest BCUT2D eigenvalue weighted by atomic mass is 127. The third-order valence-corrected chi connectivity index (χ3v) is 7.48. The number of aryl methyl sites for hydroxylation is 3. The Balaban J connectivity index is 1.78. The lowest BCUT2D eigenvalue weighted by Crippen LogP contribution is -2.30. The number of ether oxygens (including phenoxy) is 1. The summed E-state index contributed by atoms with van der Waals surface area (Å²) < 4.78 is 6.11. The molecule has 0 radical (unpaired) electrons. The predicted octanol–water partition coefficient (Wildman–Crippen LogP) is 4.70. The number of halogens is 1. The number of H-pyrrole nitrogens is 1. The van der Waals surface area contributed by atoms with Gasteiger partial charge >= 0.3 is 0 Å². The quantitative estimate of drug-likeness (QED) is 0.292. The number of anilines is 2. The van der Waals surface area contributed by atoms with Gasteiger partial charge in [0.1, 0.15) is 6.61 Å². The smallest absolute Gasteiger partial charge is 0.250 e. The van der Waals surface area contributed by atoms with E-state index >= 15 is 0 Å². The molecule has 1 aromatic carbocycles. The average molecular weight is 575 g/mol. The monoisotopic (exact) mass is 575 g/mol. The first kappa shape index (κ1) is 23.7. The van der Waals surface area contributed by atoms with Gasteiger partial charge in [0.05, 0.1) is 17.8 Å². The first-order valence-corrected chi connectivity index (χ1v) is 12.0. The van der Waals surface area contributed by atoms with Crippen molar-refractivity contribution in [2.24, 2.45) is 0 Å². The minimum atomic E-state index is -0.187. The fourth-order valence-electron chi connectivity index (χ4n) is 4.30. The molecular formula is C24H26IN5O2S. The van der Waals surface area contributed by atoms with Gasteiger partial charge in [-0.1, -0.05) is 6.07 Å². The highest BCUT2D eigenvalue weighted by Gasteiger charge is 2.43. The topological polar surface area (TPSA) is 82.3 Å². The fourth-order valence-corrected chi connectivity index (χ4v) is 5.51. The van der Waals surface area contributed by atoms with E-state index in [-0.39, 0.29) is 24.6 Å². The van der Waals surface area contributed by atoms with Crippen LogP contribution in [-0.2, 0) is 9.53 Å². The maximum atomic E-state index is 12.0. The first-order valence-electron chi connectivity index (χ1n) is 10.6. The molecule has 9 heteroatoms. The van der Waals surface area contributed by atoms with Gasteiger partial charge in [0.2, 0.25) is 5.91 Å². The molecular weight excluding hydrogens is 549 g/mol. The largest absolute Gasteiger partial charge is 0.375 e. The highest BCUT2D eigenvalue weighted by molar-refractivity contribution is 14.1. The molecule has 1 fully saturated rings. The van der Waals surface area contributed by atoms with Gasteiger partial charge in [-0.2, -0.15) is 0 Å². The summed E-state index contributed by atoms with van der Waals surface area (Å²) in [5.41, 5.74) is 7.02. The van der Waals surface area contributed by atoms with Gasteiger partial charge in [-0.05, 0) is 91.5 Å². The van der Waals surface area contributed by atoms with Crippen molar-refractivity contribution in [3.63, 3.8) is 0 Å². The van der Waals surface area contributed by atoms with Crippen LogP contribution in [0.2, 0.25) is 0 Å². The molecule has 0 spiro atoms. The van der Waals surface area contributed by atoms with Gasteiger partial charge in [0.15, 0.2) is 5.11 Å². The fraction of sp³-hybridized carbons (Fsp3) is 0.292. The second-order valence-electron chi connectivity index (χ2n) is 8.08. The molecule has 0 saturated carbocycles. The van der Waals surface area contributed by atoms with Gasteiger partial charge in [0.25, 0.3) is 0 Å². The molecule has 3 N–H and O–H groups in total. The Bertz CT molecular complexity index is 1200. The maximum Gasteiger partial charge on any atom is 0.250 e. The number of thiocarbonyl (C=S) groups is 1. The van der Waals surface area contributed by atoms with Crippen LogP contribution >= 0.6 is 34.8 Å². The number of benzene rings is 1. The van der Waals surface area contributed by atoms with Crippen LogP contribution in [0, 0.1) is 24.3 Å². The van der Waals surface area contributed by atoms with Crippen molar-refractivity contribution >= 4 is 57.2 Å². The minimum Gasteiger partial charge on any atom is -0.375 e. The molecule has 1 amide bonds. The summed E-state index contributed by atoms with van der Waals surface area (Å²) in [5.74, 6) is -0.187. The first-order chi connectivity index (χ1) is 15.8. The summed E-state index contributed by atoms with van der Waals surface area (Å²) in [6.07, 6.45) is 1.81. The van der Waals surface area contributed by atoms with Crippen LogP contribution in [-0.4, -0.2) is 34.7 Å². The van der Waals surface area contributed by atoms with E-state index in [0.717, 1.165) is 34.0 Å². The standard InChI is InChI=1S/C24H26IN5O2S/c1-13-11-16(8-9-17(13)28-19(31)12-32-4)30-23(20-14(2)27-15(3)21(20)25)22(29-24(30)33)18-7-5-6-10-26-18/h5-11,22-23,27H,12H2,1-4H3,(H,28,31)(H,29,33)/t22-,23-/m1/s1. The van der Waals surface area contributed by atoms with Crippen molar-refractivity contribution in [3.05, 3.63) is 74.4 Å². The number of aromatic nitrogens is 2. The molecule has 1 aliphatic heterocycles. The Morgan fingerprint density at radius 2 is 2.03 bits per heavy atom.